The van der Waals surface area contributed by atoms with Crippen LogP contribution in [0.1, 0.15) is 32.3 Å². The van der Waals surface area contributed by atoms with Crippen LogP contribution < -0.4 is 16.0 Å². The highest BCUT2D eigenvalue weighted by Gasteiger charge is 2.15. The Morgan fingerprint density at radius 1 is 1.41 bits per heavy atom. The Kier molecular flexibility index (Phi) is 6.01. The molecule has 0 amide bonds. The van der Waals surface area contributed by atoms with E-state index < -0.39 is 0 Å². The summed E-state index contributed by atoms with van der Waals surface area (Å²) in [5.41, 5.74) is 4.19. The maximum atomic E-state index is 5.64. The Bertz CT molecular complexity index is 328. The third-order valence-corrected chi connectivity index (χ3v) is 3.23. The number of rotatable bonds is 7. The van der Waals surface area contributed by atoms with E-state index in [2.05, 4.69) is 31.4 Å². The van der Waals surface area contributed by atoms with Crippen molar-refractivity contribution in [2.75, 3.05) is 7.11 Å². The molecule has 96 valence electrons. The van der Waals surface area contributed by atoms with Gasteiger partial charge in [0.05, 0.1) is 7.11 Å². The van der Waals surface area contributed by atoms with E-state index in [1.54, 1.807) is 7.11 Å². The molecule has 0 aliphatic heterocycles. The van der Waals surface area contributed by atoms with Gasteiger partial charge < -0.3 is 4.74 Å². The molecule has 0 aliphatic rings. The standard InChI is InChI=1S/C14H24N2O/c1-4-6-11(2)14(16-15)10-12-7-5-8-13(9-12)17-3/h5,7-9,11,14,16H,4,6,10,15H2,1-3H3. The zero-order chi connectivity index (χ0) is 12.7. The number of nitrogens with two attached hydrogens (primary N) is 1. The van der Waals surface area contributed by atoms with Gasteiger partial charge in [0.2, 0.25) is 0 Å². The van der Waals surface area contributed by atoms with Crippen molar-refractivity contribution in [3.05, 3.63) is 29.8 Å². The molecule has 0 spiro atoms. The van der Waals surface area contributed by atoms with E-state index in [1.165, 1.54) is 18.4 Å². The summed E-state index contributed by atoms with van der Waals surface area (Å²) < 4.78 is 5.23. The number of ether oxygens (including phenoxy) is 1. The van der Waals surface area contributed by atoms with Gasteiger partial charge in [0, 0.05) is 6.04 Å². The highest BCUT2D eigenvalue weighted by Crippen LogP contribution is 2.18. The topological polar surface area (TPSA) is 47.3 Å². The summed E-state index contributed by atoms with van der Waals surface area (Å²) in [5.74, 6) is 7.13. The fourth-order valence-corrected chi connectivity index (χ4v) is 2.13. The average molecular weight is 236 g/mol. The Hall–Kier alpha value is -1.06. The van der Waals surface area contributed by atoms with Gasteiger partial charge in [0.25, 0.3) is 0 Å². The van der Waals surface area contributed by atoms with E-state index in [0.717, 1.165) is 12.2 Å². The van der Waals surface area contributed by atoms with Crippen LogP contribution in [0.2, 0.25) is 0 Å². The van der Waals surface area contributed by atoms with Crippen molar-refractivity contribution in [2.45, 2.75) is 39.2 Å². The lowest BCUT2D eigenvalue weighted by molar-refractivity contribution is 0.356. The zero-order valence-electron chi connectivity index (χ0n) is 11.1. The third kappa shape index (κ3) is 4.36. The van der Waals surface area contributed by atoms with Crippen molar-refractivity contribution in [1.29, 1.82) is 0 Å². The summed E-state index contributed by atoms with van der Waals surface area (Å²) in [7, 11) is 1.69. The minimum absolute atomic E-state index is 0.321. The van der Waals surface area contributed by atoms with Crippen LogP contribution in [0.15, 0.2) is 24.3 Å². The molecular formula is C14H24N2O. The van der Waals surface area contributed by atoms with Gasteiger partial charge in [0.1, 0.15) is 5.75 Å². The highest BCUT2D eigenvalue weighted by molar-refractivity contribution is 5.29. The predicted octanol–water partition coefficient (Wildman–Crippen LogP) is 2.51. The Morgan fingerprint density at radius 2 is 2.18 bits per heavy atom. The van der Waals surface area contributed by atoms with Gasteiger partial charge in [-0.25, -0.2) is 0 Å². The number of benzene rings is 1. The van der Waals surface area contributed by atoms with Crippen molar-refractivity contribution < 1.29 is 4.74 Å². The molecule has 2 unspecified atom stereocenters. The summed E-state index contributed by atoms with van der Waals surface area (Å²) in [5, 5.41) is 0. The molecule has 0 saturated heterocycles. The van der Waals surface area contributed by atoms with E-state index >= 15 is 0 Å². The van der Waals surface area contributed by atoms with E-state index in [0.29, 0.717) is 12.0 Å². The summed E-state index contributed by atoms with van der Waals surface area (Å²) in [6.07, 6.45) is 3.32. The van der Waals surface area contributed by atoms with Gasteiger partial charge in [-0.05, 0) is 36.5 Å². The molecule has 17 heavy (non-hydrogen) atoms. The molecular weight excluding hydrogens is 212 g/mol. The van der Waals surface area contributed by atoms with Crippen LogP contribution in [0.3, 0.4) is 0 Å². The molecule has 0 saturated carbocycles. The second kappa shape index (κ2) is 7.30. The molecule has 0 aliphatic carbocycles. The van der Waals surface area contributed by atoms with Crippen molar-refractivity contribution >= 4 is 0 Å². The molecule has 1 aromatic carbocycles. The zero-order valence-corrected chi connectivity index (χ0v) is 11.1. The molecule has 0 bridgehead atoms. The lowest BCUT2D eigenvalue weighted by atomic mass is 9.92. The van der Waals surface area contributed by atoms with Crippen LogP contribution in [-0.4, -0.2) is 13.2 Å². The highest BCUT2D eigenvalue weighted by atomic mass is 16.5. The number of hydrazine groups is 1. The van der Waals surface area contributed by atoms with Crippen molar-refractivity contribution in [2.24, 2.45) is 11.8 Å². The maximum absolute atomic E-state index is 5.64. The molecule has 3 heteroatoms. The summed E-state index contributed by atoms with van der Waals surface area (Å²) in [6, 6.07) is 8.49. The second-order valence-corrected chi connectivity index (χ2v) is 4.59. The molecule has 3 nitrogen and oxygen atoms in total. The average Bonchev–Trinajstić information content (AvgIpc) is 2.36. The molecule has 2 atom stereocenters. The maximum Gasteiger partial charge on any atom is 0.119 e. The number of hydrogen-bond donors (Lipinski definition) is 2. The van der Waals surface area contributed by atoms with E-state index in [9.17, 15) is 0 Å². The summed E-state index contributed by atoms with van der Waals surface area (Å²) in [6.45, 7) is 4.45. The van der Waals surface area contributed by atoms with Crippen LogP contribution in [0.25, 0.3) is 0 Å². The number of hydrogen-bond acceptors (Lipinski definition) is 3. The molecule has 0 aromatic heterocycles. The third-order valence-electron chi connectivity index (χ3n) is 3.23. The van der Waals surface area contributed by atoms with Gasteiger partial charge in [-0.1, -0.05) is 32.4 Å². The first kappa shape index (κ1) is 14.0. The van der Waals surface area contributed by atoms with Gasteiger partial charge >= 0.3 is 0 Å². The fraction of sp³-hybridized carbons (Fsp3) is 0.571. The first-order valence-electron chi connectivity index (χ1n) is 6.30. The summed E-state index contributed by atoms with van der Waals surface area (Å²) in [4.78, 5) is 0. The Labute approximate surface area is 104 Å². The van der Waals surface area contributed by atoms with Crippen molar-refractivity contribution in [1.82, 2.24) is 5.43 Å². The summed E-state index contributed by atoms with van der Waals surface area (Å²) >= 11 is 0. The van der Waals surface area contributed by atoms with Crippen LogP contribution in [0.5, 0.6) is 5.75 Å². The smallest absolute Gasteiger partial charge is 0.119 e. The van der Waals surface area contributed by atoms with Crippen molar-refractivity contribution in [3.8, 4) is 5.75 Å². The van der Waals surface area contributed by atoms with Gasteiger partial charge in [0.15, 0.2) is 0 Å². The van der Waals surface area contributed by atoms with Crippen LogP contribution >= 0.6 is 0 Å². The first-order valence-corrected chi connectivity index (χ1v) is 6.30. The number of nitrogens with one attached hydrogen (secondary N) is 1. The largest absolute Gasteiger partial charge is 0.497 e. The van der Waals surface area contributed by atoms with Crippen molar-refractivity contribution in [3.63, 3.8) is 0 Å². The van der Waals surface area contributed by atoms with Gasteiger partial charge in [-0.2, -0.15) is 0 Å². The molecule has 3 N–H and O–H groups in total. The number of methoxy groups -OCH3 is 1. The first-order chi connectivity index (χ1) is 8.21. The Morgan fingerprint density at radius 3 is 2.76 bits per heavy atom. The SMILES string of the molecule is CCCC(C)C(Cc1cccc(OC)c1)NN. The van der Waals surface area contributed by atoms with E-state index in [1.807, 2.05) is 12.1 Å². The van der Waals surface area contributed by atoms with Crippen LogP contribution in [0, 0.1) is 5.92 Å². The molecule has 0 fully saturated rings. The van der Waals surface area contributed by atoms with Gasteiger partial charge in [-0.15, -0.1) is 0 Å². The molecule has 0 heterocycles. The van der Waals surface area contributed by atoms with Gasteiger partial charge in [-0.3, -0.25) is 11.3 Å². The normalized spacial score (nSPS) is 14.4. The van der Waals surface area contributed by atoms with Crippen LogP contribution in [-0.2, 0) is 6.42 Å². The quantitative estimate of drug-likeness (QED) is 0.565. The predicted molar refractivity (Wildman–Crippen MR) is 71.9 cm³/mol. The second-order valence-electron chi connectivity index (χ2n) is 4.59. The molecule has 1 aromatic rings. The Balaban J connectivity index is 2.66. The monoisotopic (exact) mass is 236 g/mol. The van der Waals surface area contributed by atoms with E-state index in [4.69, 9.17) is 10.6 Å². The minimum Gasteiger partial charge on any atom is -0.497 e. The molecule has 1 rings (SSSR count). The fourth-order valence-electron chi connectivity index (χ4n) is 2.13. The van der Waals surface area contributed by atoms with Crippen LogP contribution in [0.4, 0.5) is 0 Å². The lowest BCUT2D eigenvalue weighted by Crippen LogP contribution is -2.41. The van der Waals surface area contributed by atoms with E-state index in [-0.39, 0.29) is 0 Å². The minimum atomic E-state index is 0.321. The lowest BCUT2D eigenvalue weighted by Gasteiger charge is -2.23. The molecule has 0 radical (unpaired) electrons.